The zero-order valence-corrected chi connectivity index (χ0v) is 11.0. The zero-order chi connectivity index (χ0) is 12.7. The number of carbonyl (C=O) groups excluding carboxylic acids is 1. The molecule has 0 aromatic heterocycles. The van der Waals surface area contributed by atoms with E-state index in [0.717, 1.165) is 31.7 Å². The third kappa shape index (κ3) is 3.86. The van der Waals surface area contributed by atoms with Crippen LogP contribution in [0.1, 0.15) is 31.1 Å². The number of benzene rings is 1. The van der Waals surface area contributed by atoms with Crippen LogP contribution in [0.3, 0.4) is 0 Å². The van der Waals surface area contributed by atoms with Gasteiger partial charge in [0.2, 0.25) is 0 Å². The van der Waals surface area contributed by atoms with Gasteiger partial charge in [0.05, 0.1) is 0 Å². The van der Waals surface area contributed by atoms with Gasteiger partial charge in [-0.15, -0.1) is 0 Å². The van der Waals surface area contributed by atoms with E-state index in [0.29, 0.717) is 0 Å². The molecule has 0 bridgehead atoms. The molecule has 17 heavy (non-hydrogen) atoms. The summed E-state index contributed by atoms with van der Waals surface area (Å²) in [4.78, 5) is 13.4. The summed E-state index contributed by atoms with van der Waals surface area (Å²) in [5.74, 6) is 0.127. The van der Waals surface area contributed by atoms with E-state index in [1.54, 1.807) is 6.92 Å². The normalized spacial score (nSPS) is 14.9. The van der Waals surface area contributed by atoms with Crippen molar-refractivity contribution in [1.29, 1.82) is 0 Å². The van der Waals surface area contributed by atoms with Gasteiger partial charge in [-0.2, -0.15) is 0 Å². The number of nitrogens with one attached hydrogen (secondary N) is 1. The van der Waals surface area contributed by atoms with E-state index in [-0.39, 0.29) is 5.78 Å². The average molecular weight is 234 g/mol. The van der Waals surface area contributed by atoms with Crippen LogP contribution in [0, 0.1) is 0 Å². The highest BCUT2D eigenvalue weighted by atomic mass is 16.1. The number of nitrogens with zero attached hydrogens (tertiary/aromatic N) is 1. The molecule has 94 valence electrons. The molecule has 1 aromatic rings. The highest BCUT2D eigenvalue weighted by Gasteiger charge is 2.10. The van der Waals surface area contributed by atoms with Crippen LogP contribution in [0.25, 0.3) is 0 Å². The molecule has 0 unspecified atom stereocenters. The van der Waals surface area contributed by atoms with Crippen molar-refractivity contribution < 1.29 is 4.79 Å². The second-order valence-corrected chi connectivity index (χ2v) is 3.84. The molecular weight excluding hydrogens is 212 g/mol. The van der Waals surface area contributed by atoms with E-state index in [2.05, 4.69) is 10.2 Å². The average Bonchev–Trinajstić information content (AvgIpc) is 2.42. The van der Waals surface area contributed by atoms with Crippen LogP contribution in [0.5, 0.6) is 0 Å². The summed E-state index contributed by atoms with van der Waals surface area (Å²) in [7, 11) is 0. The SMILES string of the molecule is CC.CC(=O)c1ccc(N2CCNCC2)cc1. The Labute approximate surface area is 104 Å². The number of ketones is 1. The quantitative estimate of drug-likeness (QED) is 0.797. The number of Topliss-reactive ketones (excluding diaryl/α,β-unsaturated/α-hetero) is 1. The van der Waals surface area contributed by atoms with Gasteiger partial charge in [0.25, 0.3) is 0 Å². The Kier molecular flexibility index (Phi) is 5.70. The van der Waals surface area contributed by atoms with Gasteiger partial charge in [-0.05, 0) is 31.2 Å². The molecule has 1 N–H and O–H groups in total. The molecule has 0 atom stereocenters. The Morgan fingerprint density at radius 3 is 2.12 bits per heavy atom. The molecule has 1 saturated heterocycles. The lowest BCUT2D eigenvalue weighted by Crippen LogP contribution is -2.43. The molecule has 0 saturated carbocycles. The third-order valence-corrected chi connectivity index (χ3v) is 2.76. The maximum atomic E-state index is 11.1. The Morgan fingerprint density at radius 2 is 1.65 bits per heavy atom. The molecule has 1 aliphatic rings. The fraction of sp³-hybridized carbons (Fsp3) is 0.500. The lowest BCUT2D eigenvalue weighted by atomic mass is 10.1. The molecule has 2 rings (SSSR count). The van der Waals surface area contributed by atoms with Gasteiger partial charge in [-0.3, -0.25) is 4.79 Å². The van der Waals surface area contributed by atoms with Crippen molar-refractivity contribution in [3.8, 4) is 0 Å². The largest absolute Gasteiger partial charge is 0.369 e. The summed E-state index contributed by atoms with van der Waals surface area (Å²) in [5, 5.41) is 3.32. The summed E-state index contributed by atoms with van der Waals surface area (Å²) in [6.07, 6.45) is 0. The number of hydrogen-bond acceptors (Lipinski definition) is 3. The van der Waals surface area contributed by atoms with Crippen molar-refractivity contribution >= 4 is 11.5 Å². The van der Waals surface area contributed by atoms with Crippen molar-refractivity contribution in [2.75, 3.05) is 31.1 Å². The molecule has 3 nitrogen and oxygen atoms in total. The van der Waals surface area contributed by atoms with Gasteiger partial charge < -0.3 is 10.2 Å². The van der Waals surface area contributed by atoms with E-state index < -0.39 is 0 Å². The molecule has 1 aliphatic heterocycles. The Hall–Kier alpha value is -1.35. The lowest BCUT2D eigenvalue weighted by molar-refractivity contribution is 0.101. The number of hydrogen-bond donors (Lipinski definition) is 1. The molecule has 0 radical (unpaired) electrons. The number of piperazine rings is 1. The predicted molar refractivity (Wildman–Crippen MR) is 72.9 cm³/mol. The van der Waals surface area contributed by atoms with Crippen LogP contribution in [0.4, 0.5) is 5.69 Å². The first kappa shape index (κ1) is 13.7. The van der Waals surface area contributed by atoms with E-state index in [4.69, 9.17) is 0 Å². The van der Waals surface area contributed by atoms with Crippen molar-refractivity contribution in [3.05, 3.63) is 29.8 Å². The van der Waals surface area contributed by atoms with Gasteiger partial charge >= 0.3 is 0 Å². The summed E-state index contributed by atoms with van der Waals surface area (Å²) in [6, 6.07) is 7.86. The van der Waals surface area contributed by atoms with Gasteiger partial charge in [0.1, 0.15) is 0 Å². The van der Waals surface area contributed by atoms with Gasteiger partial charge in [0, 0.05) is 37.4 Å². The predicted octanol–water partition coefficient (Wildman–Crippen LogP) is 2.33. The second-order valence-electron chi connectivity index (χ2n) is 3.84. The van der Waals surface area contributed by atoms with Gasteiger partial charge in [0.15, 0.2) is 5.78 Å². The summed E-state index contributed by atoms with van der Waals surface area (Å²) < 4.78 is 0. The molecule has 1 heterocycles. The standard InChI is InChI=1S/C12H16N2O.C2H6/c1-10(15)11-2-4-12(5-3-11)14-8-6-13-7-9-14;1-2/h2-5,13H,6-9H2,1H3;1-2H3. The van der Waals surface area contributed by atoms with Crippen molar-refractivity contribution in [2.24, 2.45) is 0 Å². The van der Waals surface area contributed by atoms with Crippen LogP contribution < -0.4 is 10.2 Å². The van der Waals surface area contributed by atoms with Crippen LogP contribution in [0.2, 0.25) is 0 Å². The Balaban J connectivity index is 0.000000686. The minimum absolute atomic E-state index is 0.127. The first-order valence-corrected chi connectivity index (χ1v) is 6.34. The minimum atomic E-state index is 0.127. The monoisotopic (exact) mass is 234 g/mol. The zero-order valence-electron chi connectivity index (χ0n) is 11.0. The van der Waals surface area contributed by atoms with Gasteiger partial charge in [-0.25, -0.2) is 0 Å². The molecule has 1 fully saturated rings. The summed E-state index contributed by atoms with van der Waals surface area (Å²) >= 11 is 0. The topological polar surface area (TPSA) is 32.3 Å². The van der Waals surface area contributed by atoms with E-state index in [1.165, 1.54) is 5.69 Å². The maximum Gasteiger partial charge on any atom is 0.159 e. The second kappa shape index (κ2) is 7.07. The van der Waals surface area contributed by atoms with Crippen LogP contribution >= 0.6 is 0 Å². The molecular formula is C14H22N2O. The minimum Gasteiger partial charge on any atom is -0.369 e. The van der Waals surface area contributed by atoms with Crippen LogP contribution in [-0.4, -0.2) is 32.0 Å². The smallest absolute Gasteiger partial charge is 0.159 e. The molecule has 0 spiro atoms. The van der Waals surface area contributed by atoms with E-state index in [9.17, 15) is 4.79 Å². The number of anilines is 1. The fourth-order valence-electron chi connectivity index (χ4n) is 1.83. The fourth-order valence-corrected chi connectivity index (χ4v) is 1.83. The highest BCUT2D eigenvalue weighted by Crippen LogP contribution is 2.15. The molecule has 3 heteroatoms. The Morgan fingerprint density at radius 1 is 1.12 bits per heavy atom. The van der Waals surface area contributed by atoms with Crippen LogP contribution in [-0.2, 0) is 0 Å². The van der Waals surface area contributed by atoms with E-state index in [1.807, 2.05) is 38.1 Å². The molecule has 0 aliphatic carbocycles. The number of carbonyl (C=O) groups is 1. The third-order valence-electron chi connectivity index (χ3n) is 2.76. The number of rotatable bonds is 2. The highest BCUT2D eigenvalue weighted by molar-refractivity contribution is 5.94. The van der Waals surface area contributed by atoms with Crippen molar-refractivity contribution in [2.45, 2.75) is 20.8 Å². The lowest BCUT2D eigenvalue weighted by Gasteiger charge is -2.29. The van der Waals surface area contributed by atoms with Crippen LogP contribution in [0.15, 0.2) is 24.3 Å². The summed E-state index contributed by atoms with van der Waals surface area (Å²) in [6.45, 7) is 9.75. The van der Waals surface area contributed by atoms with Crippen molar-refractivity contribution in [3.63, 3.8) is 0 Å². The Bertz CT molecular complexity index is 340. The summed E-state index contributed by atoms with van der Waals surface area (Å²) in [5.41, 5.74) is 2.00. The molecule has 1 aromatic carbocycles. The maximum absolute atomic E-state index is 11.1. The van der Waals surface area contributed by atoms with Gasteiger partial charge in [-0.1, -0.05) is 13.8 Å². The first-order valence-electron chi connectivity index (χ1n) is 6.34. The first-order chi connectivity index (χ1) is 8.27. The van der Waals surface area contributed by atoms with E-state index >= 15 is 0 Å². The van der Waals surface area contributed by atoms with Crippen molar-refractivity contribution in [1.82, 2.24) is 5.32 Å². The molecule has 0 amide bonds.